The minimum absolute atomic E-state index is 0.187. The molecule has 26 heavy (non-hydrogen) atoms. The van der Waals surface area contributed by atoms with Crippen molar-refractivity contribution in [2.24, 2.45) is 0 Å². The number of piperazine rings is 1. The summed E-state index contributed by atoms with van der Waals surface area (Å²) in [6.45, 7) is 6.75. The molecule has 3 rings (SSSR count). The fourth-order valence-electron chi connectivity index (χ4n) is 3.84. The van der Waals surface area contributed by atoms with Crippen LogP contribution in [-0.4, -0.2) is 55.0 Å². The van der Waals surface area contributed by atoms with Crippen LogP contribution in [0.1, 0.15) is 39.0 Å². The van der Waals surface area contributed by atoms with Crippen LogP contribution < -0.4 is 9.80 Å². The summed E-state index contributed by atoms with van der Waals surface area (Å²) in [4.78, 5) is 29.5. The average molecular weight is 360 g/mol. The number of hydrogen-bond acceptors (Lipinski definition) is 5. The molecule has 2 heterocycles. The zero-order valence-electron chi connectivity index (χ0n) is 15.5. The maximum atomic E-state index is 12.0. The highest BCUT2D eigenvalue weighted by molar-refractivity contribution is 5.76. The lowest BCUT2D eigenvalue weighted by Crippen LogP contribution is -2.48. The number of nitrogens with zero attached hydrogens (tertiary/aromatic N) is 4. The standard InChI is InChI=1S/C19H28N4O3/c1-2-6-19(24)22-13-11-20(12-14-22)16-7-8-17(23(25)26)18(15-16)21-9-4-3-5-10-21/h7-8,15H,2-6,9-14H2,1H3. The number of nitro groups is 1. The second-order valence-electron chi connectivity index (χ2n) is 7.10. The minimum atomic E-state index is -0.283. The first-order valence-electron chi connectivity index (χ1n) is 9.66. The Kier molecular flexibility index (Phi) is 5.96. The molecule has 0 saturated carbocycles. The van der Waals surface area contributed by atoms with E-state index in [1.54, 1.807) is 6.07 Å². The Balaban J connectivity index is 1.74. The van der Waals surface area contributed by atoms with Gasteiger partial charge in [-0.05, 0) is 37.8 Å². The molecule has 1 amide bonds. The van der Waals surface area contributed by atoms with Gasteiger partial charge in [0.05, 0.1) is 4.92 Å². The van der Waals surface area contributed by atoms with Crippen molar-refractivity contribution in [2.45, 2.75) is 39.0 Å². The van der Waals surface area contributed by atoms with E-state index in [1.165, 1.54) is 6.42 Å². The van der Waals surface area contributed by atoms with E-state index in [-0.39, 0.29) is 16.5 Å². The Hall–Kier alpha value is -2.31. The third-order valence-corrected chi connectivity index (χ3v) is 5.31. The van der Waals surface area contributed by atoms with Gasteiger partial charge in [0, 0.05) is 57.4 Å². The summed E-state index contributed by atoms with van der Waals surface area (Å²) in [5.74, 6) is 0.227. The Morgan fingerprint density at radius 3 is 2.35 bits per heavy atom. The third kappa shape index (κ3) is 4.08. The average Bonchev–Trinajstić information content (AvgIpc) is 2.68. The van der Waals surface area contributed by atoms with Crippen molar-refractivity contribution in [2.75, 3.05) is 49.1 Å². The quantitative estimate of drug-likeness (QED) is 0.596. The molecule has 0 aliphatic carbocycles. The summed E-state index contributed by atoms with van der Waals surface area (Å²) >= 11 is 0. The normalized spacial score (nSPS) is 18.1. The van der Waals surface area contributed by atoms with E-state index in [0.717, 1.165) is 69.9 Å². The molecule has 1 aromatic carbocycles. The fourth-order valence-corrected chi connectivity index (χ4v) is 3.84. The molecular weight excluding hydrogens is 332 g/mol. The van der Waals surface area contributed by atoms with Gasteiger partial charge in [0.15, 0.2) is 0 Å². The zero-order chi connectivity index (χ0) is 18.5. The lowest BCUT2D eigenvalue weighted by Gasteiger charge is -2.37. The van der Waals surface area contributed by atoms with E-state index in [4.69, 9.17) is 0 Å². The molecule has 1 aromatic rings. The number of rotatable bonds is 5. The van der Waals surface area contributed by atoms with Crippen molar-refractivity contribution in [3.05, 3.63) is 28.3 Å². The van der Waals surface area contributed by atoms with Crippen molar-refractivity contribution >= 4 is 23.0 Å². The molecule has 0 atom stereocenters. The highest BCUT2D eigenvalue weighted by atomic mass is 16.6. The molecule has 7 heteroatoms. The molecule has 0 bridgehead atoms. The summed E-state index contributed by atoms with van der Waals surface area (Å²) in [6.07, 6.45) is 4.84. The van der Waals surface area contributed by atoms with Gasteiger partial charge in [0.25, 0.3) is 5.69 Å². The second kappa shape index (κ2) is 8.38. The monoisotopic (exact) mass is 360 g/mol. The van der Waals surface area contributed by atoms with Crippen LogP contribution in [0.5, 0.6) is 0 Å². The lowest BCUT2D eigenvalue weighted by atomic mass is 10.1. The smallest absolute Gasteiger partial charge is 0.292 e. The first kappa shape index (κ1) is 18.5. The molecule has 0 radical (unpaired) electrons. The number of piperidine rings is 1. The molecule has 2 aliphatic rings. The maximum absolute atomic E-state index is 12.0. The molecule has 142 valence electrons. The second-order valence-corrected chi connectivity index (χ2v) is 7.10. The van der Waals surface area contributed by atoms with Gasteiger partial charge in [-0.2, -0.15) is 0 Å². The van der Waals surface area contributed by atoms with Crippen LogP contribution in [0.25, 0.3) is 0 Å². The highest BCUT2D eigenvalue weighted by Gasteiger charge is 2.25. The molecule has 0 aromatic heterocycles. The number of nitro benzene ring substituents is 1. The van der Waals surface area contributed by atoms with Crippen LogP contribution in [0.15, 0.2) is 18.2 Å². The molecule has 2 aliphatic heterocycles. The topological polar surface area (TPSA) is 69.9 Å². The Bertz CT molecular complexity index is 650. The largest absolute Gasteiger partial charge is 0.368 e. The summed E-state index contributed by atoms with van der Waals surface area (Å²) in [6, 6.07) is 5.44. The van der Waals surface area contributed by atoms with Crippen molar-refractivity contribution in [1.29, 1.82) is 0 Å². The first-order valence-corrected chi connectivity index (χ1v) is 9.66. The van der Waals surface area contributed by atoms with Crippen molar-refractivity contribution in [3.8, 4) is 0 Å². The minimum Gasteiger partial charge on any atom is -0.368 e. The van der Waals surface area contributed by atoms with Crippen molar-refractivity contribution in [1.82, 2.24) is 4.90 Å². The fraction of sp³-hybridized carbons (Fsp3) is 0.632. The van der Waals surface area contributed by atoms with E-state index in [0.29, 0.717) is 6.42 Å². The molecular formula is C19H28N4O3. The number of benzene rings is 1. The highest BCUT2D eigenvalue weighted by Crippen LogP contribution is 2.34. The van der Waals surface area contributed by atoms with Crippen LogP contribution in [-0.2, 0) is 4.79 Å². The van der Waals surface area contributed by atoms with E-state index >= 15 is 0 Å². The number of anilines is 2. The number of carbonyl (C=O) groups is 1. The number of amides is 1. The van der Waals surface area contributed by atoms with Gasteiger partial charge in [-0.15, -0.1) is 0 Å². The summed E-state index contributed by atoms with van der Waals surface area (Å²) < 4.78 is 0. The third-order valence-electron chi connectivity index (χ3n) is 5.31. The van der Waals surface area contributed by atoms with Crippen molar-refractivity contribution < 1.29 is 9.72 Å². The Morgan fingerprint density at radius 2 is 1.73 bits per heavy atom. The molecule has 0 N–H and O–H groups in total. The predicted octanol–water partition coefficient (Wildman–Crippen LogP) is 3.03. The van der Waals surface area contributed by atoms with Crippen LogP contribution in [0.4, 0.5) is 17.1 Å². The van der Waals surface area contributed by atoms with Crippen LogP contribution >= 0.6 is 0 Å². The first-order chi connectivity index (χ1) is 12.6. The maximum Gasteiger partial charge on any atom is 0.292 e. The van der Waals surface area contributed by atoms with Gasteiger partial charge in [0.2, 0.25) is 5.91 Å². The van der Waals surface area contributed by atoms with Gasteiger partial charge in [0.1, 0.15) is 5.69 Å². The summed E-state index contributed by atoms with van der Waals surface area (Å²) in [5.41, 5.74) is 1.93. The Labute approximate surface area is 154 Å². The molecule has 2 fully saturated rings. The van der Waals surface area contributed by atoms with Crippen LogP contribution in [0.2, 0.25) is 0 Å². The van der Waals surface area contributed by atoms with Crippen LogP contribution in [0, 0.1) is 10.1 Å². The summed E-state index contributed by atoms with van der Waals surface area (Å²) in [5, 5.41) is 11.5. The molecule has 0 spiro atoms. The van der Waals surface area contributed by atoms with Crippen LogP contribution in [0.3, 0.4) is 0 Å². The van der Waals surface area contributed by atoms with E-state index in [1.807, 2.05) is 24.0 Å². The molecule has 7 nitrogen and oxygen atoms in total. The van der Waals surface area contributed by atoms with Gasteiger partial charge in [-0.1, -0.05) is 6.92 Å². The zero-order valence-corrected chi connectivity index (χ0v) is 15.5. The van der Waals surface area contributed by atoms with E-state index < -0.39 is 0 Å². The van der Waals surface area contributed by atoms with E-state index in [2.05, 4.69) is 9.80 Å². The SMILES string of the molecule is CCCC(=O)N1CCN(c2ccc([N+](=O)[O-])c(N3CCCCC3)c2)CC1. The van der Waals surface area contributed by atoms with E-state index in [9.17, 15) is 14.9 Å². The van der Waals surface area contributed by atoms with Crippen molar-refractivity contribution in [3.63, 3.8) is 0 Å². The van der Waals surface area contributed by atoms with Gasteiger partial charge < -0.3 is 14.7 Å². The Morgan fingerprint density at radius 1 is 1.04 bits per heavy atom. The lowest BCUT2D eigenvalue weighted by molar-refractivity contribution is -0.384. The van der Waals surface area contributed by atoms with Gasteiger partial charge in [-0.3, -0.25) is 14.9 Å². The summed E-state index contributed by atoms with van der Waals surface area (Å²) in [7, 11) is 0. The molecule has 0 unspecified atom stereocenters. The predicted molar refractivity (Wildman–Crippen MR) is 103 cm³/mol. The van der Waals surface area contributed by atoms with Gasteiger partial charge in [-0.25, -0.2) is 0 Å². The number of hydrogen-bond donors (Lipinski definition) is 0. The van der Waals surface area contributed by atoms with Gasteiger partial charge >= 0.3 is 0 Å². The molecule has 2 saturated heterocycles. The number of carbonyl (C=O) groups excluding carboxylic acids is 1.